The van der Waals surface area contributed by atoms with Gasteiger partial charge in [0.15, 0.2) is 0 Å². The van der Waals surface area contributed by atoms with Crippen molar-refractivity contribution < 1.29 is 14.5 Å². The van der Waals surface area contributed by atoms with Crippen molar-refractivity contribution in [2.24, 2.45) is 5.73 Å². The van der Waals surface area contributed by atoms with Gasteiger partial charge in [0.1, 0.15) is 6.10 Å². The van der Waals surface area contributed by atoms with Crippen LogP contribution in [0.2, 0.25) is 0 Å². The monoisotopic (exact) mass is 177 g/mol. The summed E-state index contributed by atoms with van der Waals surface area (Å²) in [6, 6.07) is 6.98. The van der Waals surface area contributed by atoms with Gasteiger partial charge in [-0.25, -0.2) is 0 Å². The summed E-state index contributed by atoms with van der Waals surface area (Å²) in [5.74, 6) is -0.580. The van der Waals surface area contributed by atoms with Gasteiger partial charge in [0, 0.05) is 0 Å². The summed E-state index contributed by atoms with van der Waals surface area (Å²) in [4.78, 5) is 10.9. The molecule has 3 N–H and O–H groups in total. The summed E-state index contributed by atoms with van der Waals surface area (Å²) in [5, 5.41) is 9.37. The minimum Gasteiger partial charge on any atom is -0.423 e. The van der Waals surface area contributed by atoms with Crippen LogP contribution in [-0.2, 0) is 9.45 Å². The van der Waals surface area contributed by atoms with E-state index in [2.05, 4.69) is 0 Å². The fourth-order valence-electron chi connectivity index (χ4n) is 1.47. The van der Waals surface area contributed by atoms with E-state index in [-0.39, 0.29) is 0 Å². The molecule has 1 aliphatic rings. The Hall–Kier alpha value is -1.33. The first-order valence-electron chi connectivity index (χ1n) is 3.92. The van der Waals surface area contributed by atoms with Crippen molar-refractivity contribution in [2.45, 2.75) is 6.10 Å². The lowest BCUT2D eigenvalue weighted by Crippen LogP contribution is -2.28. The first-order valence-corrected chi connectivity index (χ1v) is 3.92. The van der Waals surface area contributed by atoms with Crippen LogP contribution >= 0.6 is 0 Å². The molecule has 5 heteroatoms. The normalized spacial score (nSPS) is 20.1. The van der Waals surface area contributed by atoms with Crippen molar-refractivity contribution in [1.29, 1.82) is 0 Å². The SMILES string of the molecule is NC(=O)C1OB(O)c2ccccc21. The van der Waals surface area contributed by atoms with Gasteiger partial charge in [-0.2, -0.15) is 0 Å². The van der Waals surface area contributed by atoms with Gasteiger partial charge in [-0.1, -0.05) is 24.3 Å². The van der Waals surface area contributed by atoms with Crippen LogP contribution in [0.3, 0.4) is 0 Å². The van der Waals surface area contributed by atoms with Crippen LogP contribution in [0.1, 0.15) is 11.7 Å². The molecule has 1 aromatic rings. The van der Waals surface area contributed by atoms with E-state index in [0.29, 0.717) is 11.0 Å². The zero-order chi connectivity index (χ0) is 9.42. The molecule has 0 aromatic heterocycles. The van der Waals surface area contributed by atoms with Crippen molar-refractivity contribution in [3.63, 3.8) is 0 Å². The molecule has 1 unspecified atom stereocenters. The summed E-state index contributed by atoms with van der Waals surface area (Å²) in [6.45, 7) is 0. The fourth-order valence-corrected chi connectivity index (χ4v) is 1.47. The number of carbonyl (C=O) groups is 1. The number of hydrogen-bond acceptors (Lipinski definition) is 3. The van der Waals surface area contributed by atoms with Crippen molar-refractivity contribution in [2.75, 3.05) is 0 Å². The van der Waals surface area contributed by atoms with Crippen LogP contribution < -0.4 is 11.2 Å². The molecule has 0 radical (unpaired) electrons. The topological polar surface area (TPSA) is 72.6 Å². The second-order valence-electron chi connectivity index (χ2n) is 2.90. The molecule has 0 fully saturated rings. The molecule has 1 atom stereocenters. The Morgan fingerprint density at radius 1 is 1.54 bits per heavy atom. The van der Waals surface area contributed by atoms with Crippen LogP contribution in [0.5, 0.6) is 0 Å². The molecule has 1 amide bonds. The number of benzene rings is 1. The van der Waals surface area contributed by atoms with E-state index in [4.69, 9.17) is 10.4 Å². The lowest BCUT2D eigenvalue weighted by Gasteiger charge is -2.05. The molecular weight excluding hydrogens is 169 g/mol. The highest BCUT2D eigenvalue weighted by Crippen LogP contribution is 2.22. The maximum atomic E-state index is 10.9. The molecule has 2 rings (SSSR count). The highest BCUT2D eigenvalue weighted by Gasteiger charge is 2.37. The average molecular weight is 177 g/mol. The van der Waals surface area contributed by atoms with E-state index in [9.17, 15) is 9.82 Å². The van der Waals surface area contributed by atoms with E-state index < -0.39 is 19.1 Å². The predicted octanol–water partition coefficient (Wildman–Crippen LogP) is -1.07. The summed E-state index contributed by atoms with van der Waals surface area (Å²) in [7, 11) is -1.03. The quantitative estimate of drug-likeness (QED) is 0.536. The molecule has 13 heavy (non-hydrogen) atoms. The summed E-state index contributed by atoms with van der Waals surface area (Å²) >= 11 is 0. The van der Waals surface area contributed by atoms with E-state index in [1.165, 1.54) is 0 Å². The minimum absolute atomic E-state index is 0.580. The smallest absolute Gasteiger partial charge is 0.423 e. The second-order valence-corrected chi connectivity index (χ2v) is 2.90. The van der Waals surface area contributed by atoms with Gasteiger partial charge in [0.05, 0.1) is 0 Å². The summed E-state index contributed by atoms with van der Waals surface area (Å²) < 4.78 is 4.97. The second kappa shape index (κ2) is 2.87. The van der Waals surface area contributed by atoms with Crippen molar-refractivity contribution in [1.82, 2.24) is 0 Å². The number of fused-ring (bicyclic) bond motifs is 1. The molecule has 66 valence electrons. The molecule has 4 nitrogen and oxygen atoms in total. The maximum Gasteiger partial charge on any atom is 0.492 e. The standard InChI is InChI=1S/C8H8BNO3/c10-8(11)7-5-3-1-2-4-6(5)9(12)13-7/h1-4,7,12H,(H2,10,11). The highest BCUT2D eigenvalue weighted by molar-refractivity contribution is 6.62. The van der Waals surface area contributed by atoms with E-state index in [0.717, 1.165) is 0 Å². The lowest BCUT2D eigenvalue weighted by molar-refractivity contribution is -0.125. The van der Waals surface area contributed by atoms with Crippen LogP contribution in [-0.4, -0.2) is 18.0 Å². The van der Waals surface area contributed by atoms with Crippen LogP contribution in [0.15, 0.2) is 24.3 Å². The minimum atomic E-state index is -1.03. The third-order valence-electron chi connectivity index (χ3n) is 2.07. The van der Waals surface area contributed by atoms with Gasteiger partial charge < -0.3 is 15.4 Å². The van der Waals surface area contributed by atoms with Gasteiger partial charge in [0.2, 0.25) is 5.91 Å². The van der Waals surface area contributed by atoms with Gasteiger partial charge in [0.25, 0.3) is 0 Å². The maximum absolute atomic E-state index is 10.9. The molecule has 0 spiro atoms. The summed E-state index contributed by atoms with van der Waals surface area (Å²) in [6.07, 6.45) is -0.814. The van der Waals surface area contributed by atoms with Crippen LogP contribution in [0, 0.1) is 0 Å². The molecule has 1 heterocycles. The molecule has 1 aliphatic heterocycles. The Kier molecular flexibility index (Phi) is 1.83. The number of nitrogens with two attached hydrogens (primary N) is 1. The summed E-state index contributed by atoms with van der Waals surface area (Å²) in [5.41, 5.74) is 6.37. The Balaban J connectivity index is 2.47. The number of hydrogen-bond donors (Lipinski definition) is 2. The zero-order valence-electron chi connectivity index (χ0n) is 6.81. The third-order valence-corrected chi connectivity index (χ3v) is 2.07. The van der Waals surface area contributed by atoms with E-state index in [1.54, 1.807) is 24.3 Å². The average Bonchev–Trinajstić information content (AvgIpc) is 2.45. The zero-order valence-corrected chi connectivity index (χ0v) is 6.81. The van der Waals surface area contributed by atoms with E-state index in [1.807, 2.05) is 0 Å². The Morgan fingerprint density at radius 3 is 2.92 bits per heavy atom. The van der Waals surface area contributed by atoms with Crippen LogP contribution in [0.4, 0.5) is 0 Å². The number of carbonyl (C=O) groups excluding carboxylic acids is 1. The molecule has 1 aromatic carbocycles. The van der Waals surface area contributed by atoms with Crippen molar-refractivity contribution in [3.05, 3.63) is 29.8 Å². The third kappa shape index (κ3) is 1.22. The van der Waals surface area contributed by atoms with Crippen molar-refractivity contribution >= 4 is 18.5 Å². The Bertz CT molecular complexity index is 355. The first-order chi connectivity index (χ1) is 6.20. The predicted molar refractivity (Wildman–Crippen MR) is 47.1 cm³/mol. The molecule has 0 saturated carbocycles. The van der Waals surface area contributed by atoms with Crippen LogP contribution in [0.25, 0.3) is 0 Å². The largest absolute Gasteiger partial charge is 0.492 e. The van der Waals surface area contributed by atoms with Crippen molar-refractivity contribution in [3.8, 4) is 0 Å². The molecule has 0 saturated heterocycles. The van der Waals surface area contributed by atoms with Gasteiger partial charge >= 0.3 is 7.12 Å². The van der Waals surface area contributed by atoms with Gasteiger partial charge in [-0.15, -0.1) is 0 Å². The van der Waals surface area contributed by atoms with Gasteiger partial charge in [-0.05, 0) is 11.0 Å². The number of rotatable bonds is 1. The lowest BCUT2D eigenvalue weighted by atomic mass is 9.79. The number of primary amides is 1. The number of amides is 1. The highest BCUT2D eigenvalue weighted by atomic mass is 16.5. The Labute approximate surface area is 75.5 Å². The van der Waals surface area contributed by atoms with Gasteiger partial charge in [-0.3, -0.25) is 4.79 Å². The first kappa shape index (κ1) is 8.28. The molecular formula is C8H8BNO3. The fraction of sp³-hybridized carbons (Fsp3) is 0.125. The van der Waals surface area contributed by atoms with E-state index >= 15 is 0 Å². The molecule has 0 bridgehead atoms. The molecule has 0 aliphatic carbocycles. The Morgan fingerprint density at radius 2 is 2.23 bits per heavy atom.